The van der Waals surface area contributed by atoms with E-state index in [2.05, 4.69) is 10.6 Å². The summed E-state index contributed by atoms with van der Waals surface area (Å²) in [6, 6.07) is 3.53. The molecule has 0 aliphatic heterocycles. The minimum absolute atomic E-state index is 0.0441. The molecule has 0 heterocycles. The van der Waals surface area contributed by atoms with Crippen LogP contribution in [0.3, 0.4) is 0 Å². The molecule has 0 aromatic heterocycles. The Hall–Kier alpha value is -1.42. The van der Waals surface area contributed by atoms with E-state index >= 15 is 0 Å². The van der Waals surface area contributed by atoms with E-state index in [4.69, 9.17) is 17.3 Å². The van der Waals surface area contributed by atoms with Crippen LogP contribution in [0.2, 0.25) is 5.02 Å². The minimum Gasteiger partial charge on any atom is -0.397 e. The van der Waals surface area contributed by atoms with Crippen LogP contribution in [-0.2, 0) is 4.79 Å². The predicted molar refractivity (Wildman–Crippen MR) is 77.0 cm³/mol. The topological polar surface area (TPSA) is 67.2 Å². The molecular weight excluding hydrogens is 250 g/mol. The fourth-order valence-corrected chi connectivity index (χ4v) is 1.75. The Kier molecular flexibility index (Phi) is 5.78. The summed E-state index contributed by atoms with van der Waals surface area (Å²) in [5.41, 5.74) is 8.23. The first-order valence-electron chi connectivity index (χ1n) is 6.11. The van der Waals surface area contributed by atoms with E-state index < -0.39 is 0 Å². The van der Waals surface area contributed by atoms with Crippen molar-refractivity contribution >= 4 is 28.9 Å². The van der Waals surface area contributed by atoms with E-state index in [0.717, 1.165) is 24.2 Å². The van der Waals surface area contributed by atoms with Gasteiger partial charge in [-0.05, 0) is 31.0 Å². The Labute approximate surface area is 113 Å². The van der Waals surface area contributed by atoms with Crippen molar-refractivity contribution in [2.24, 2.45) is 0 Å². The van der Waals surface area contributed by atoms with Gasteiger partial charge in [-0.1, -0.05) is 18.5 Å². The Balaban J connectivity index is 2.49. The van der Waals surface area contributed by atoms with Crippen LogP contribution in [0, 0.1) is 6.92 Å². The number of carbonyl (C=O) groups is 1. The summed E-state index contributed by atoms with van der Waals surface area (Å²) < 4.78 is 0. The maximum absolute atomic E-state index is 11.4. The van der Waals surface area contributed by atoms with Crippen molar-refractivity contribution in [3.63, 3.8) is 0 Å². The lowest BCUT2D eigenvalue weighted by Crippen LogP contribution is -2.26. The van der Waals surface area contributed by atoms with Crippen molar-refractivity contribution in [3.8, 4) is 0 Å². The summed E-state index contributed by atoms with van der Waals surface area (Å²) in [4.78, 5) is 11.4. The Bertz CT molecular complexity index is 421. The molecule has 1 rings (SSSR count). The van der Waals surface area contributed by atoms with Crippen LogP contribution in [0.1, 0.15) is 25.3 Å². The van der Waals surface area contributed by atoms with Crippen LogP contribution in [-0.4, -0.2) is 19.0 Å². The Morgan fingerprint density at radius 2 is 2.11 bits per heavy atom. The lowest BCUT2D eigenvalue weighted by atomic mass is 10.1. The minimum atomic E-state index is 0.0441. The highest BCUT2D eigenvalue weighted by atomic mass is 35.5. The van der Waals surface area contributed by atoms with Gasteiger partial charge in [0, 0.05) is 24.5 Å². The lowest BCUT2D eigenvalue weighted by Gasteiger charge is -2.13. The first-order valence-corrected chi connectivity index (χ1v) is 6.49. The Morgan fingerprint density at radius 3 is 2.78 bits per heavy atom. The van der Waals surface area contributed by atoms with Crippen molar-refractivity contribution in [2.75, 3.05) is 24.1 Å². The molecule has 0 atom stereocenters. The molecule has 0 bridgehead atoms. The second kappa shape index (κ2) is 7.11. The van der Waals surface area contributed by atoms with Crippen molar-refractivity contribution in [1.29, 1.82) is 0 Å². The highest BCUT2D eigenvalue weighted by molar-refractivity contribution is 6.31. The second-order valence-electron chi connectivity index (χ2n) is 4.16. The molecule has 0 fully saturated rings. The van der Waals surface area contributed by atoms with E-state index in [1.54, 1.807) is 12.1 Å². The van der Waals surface area contributed by atoms with Gasteiger partial charge in [0.15, 0.2) is 0 Å². The zero-order valence-corrected chi connectivity index (χ0v) is 11.6. The maximum atomic E-state index is 11.4. The first-order chi connectivity index (χ1) is 8.56. The van der Waals surface area contributed by atoms with Gasteiger partial charge in [-0.25, -0.2) is 0 Å². The van der Waals surface area contributed by atoms with Gasteiger partial charge >= 0.3 is 0 Å². The third-order valence-corrected chi connectivity index (χ3v) is 3.07. The van der Waals surface area contributed by atoms with E-state index in [-0.39, 0.29) is 5.91 Å². The predicted octanol–water partition coefficient (Wildman–Crippen LogP) is 2.56. The van der Waals surface area contributed by atoms with E-state index in [1.165, 1.54) is 0 Å². The number of rotatable bonds is 6. The molecule has 0 saturated heterocycles. The van der Waals surface area contributed by atoms with Gasteiger partial charge in [0.25, 0.3) is 0 Å². The summed E-state index contributed by atoms with van der Waals surface area (Å²) in [6.07, 6.45) is 1.37. The number of amides is 1. The SMILES string of the molecule is CCCNC(=O)CCNc1c(N)ccc(Cl)c1C. The van der Waals surface area contributed by atoms with Gasteiger partial charge in [-0.3, -0.25) is 4.79 Å². The fraction of sp³-hybridized carbons (Fsp3) is 0.462. The van der Waals surface area contributed by atoms with Crippen LogP contribution in [0.15, 0.2) is 12.1 Å². The van der Waals surface area contributed by atoms with Gasteiger partial charge in [0.1, 0.15) is 0 Å². The van der Waals surface area contributed by atoms with E-state index in [0.29, 0.717) is 23.7 Å². The van der Waals surface area contributed by atoms with Gasteiger partial charge in [0.2, 0.25) is 5.91 Å². The fourth-order valence-electron chi connectivity index (χ4n) is 1.60. The van der Waals surface area contributed by atoms with Gasteiger partial charge in [-0.15, -0.1) is 0 Å². The van der Waals surface area contributed by atoms with Crippen LogP contribution in [0.4, 0.5) is 11.4 Å². The standard InChI is InChI=1S/C13H20ClN3O/c1-3-7-16-12(18)6-8-17-13-9(2)10(14)4-5-11(13)15/h4-5,17H,3,6-8,15H2,1-2H3,(H,16,18). The smallest absolute Gasteiger partial charge is 0.221 e. The maximum Gasteiger partial charge on any atom is 0.221 e. The number of nitrogen functional groups attached to an aromatic ring is 1. The molecule has 0 unspecified atom stereocenters. The number of anilines is 2. The second-order valence-corrected chi connectivity index (χ2v) is 4.57. The highest BCUT2D eigenvalue weighted by Crippen LogP contribution is 2.29. The Morgan fingerprint density at radius 1 is 1.39 bits per heavy atom. The lowest BCUT2D eigenvalue weighted by molar-refractivity contribution is -0.120. The van der Waals surface area contributed by atoms with Crippen LogP contribution < -0.4 is 16.4 Å². The number of halogens is 1. The average Bonchev–Trinajstić information content (AvgIpc) is 2.35. The third-order valence-electron chi connectivity index (χ3n) is 2.66. The summed E-state index contributed by atoms with van der Waals surface area (Å²) in [7, 11) is 0. The molecule has 4 N–H and O–H groups in total. The normalized spacial score (nSPS) is 10.2. The van der Waals surface area contributed by atoms with Crippen LogP contribution in [0.25, 0.3) is 0 Å². The van der Waals surface area contributed by atoms with Gasteiger partial charge in [0.05, 0.1) is 11.4 Å². The van der Waals surface area contributed by atoms with E-state index in [1.807, 2.05) is 13.8 Å². The van der Waals surface area contributed by atoms with Crippen LogP contribution in [0.5, 0.6) is 0 Å². The van der Waals surface area contributed by atoms with Crippen molar-refractivity contribution in [2.45, 2.75) is 26.7 Å². The molecule has 0 radical (unpaired) electrons. The number of hydrogen-bond acceptors (Lipinski definition) is 3. The van der Waals surface area contributed by atoms with Crippen molar-refractivity contribution < 1.29 is 4.79 Å². The number of hydrogen-bond donors (Lipinski definition) is 3. The molecule has 0 spiro atoms. The zero-order chi connectivity index (χ0) is 13.5. The summed E-state index contributed by atoms with van der Waals surface area (Å²) >= 11 is 6.02. The summed E-state index contributed by atoms with van der Waals surface area (Å²) in [5.74, 6) is 0.0441. The van der Waals surface area contributed by atoms with Crippen LogP contribution >= 0.6 is 11.6 Å². The number of nitrogens with two attached hydrogens (primary N) is 1. The van der Waals surface area contributed by atoms with Gasteiger partial charge in [-0.2, -0.15) is 0 Å². The molecule has 1 aromatic carbocycles. The zero-order valence-electron chi connectivity index (χ0n) is 10.8. The largest absolute Gasteiger partial charge is 0.397 e. The van der Waals surface area contributed by atoms with Crippen molar-refractivity contribution in [3.05, 3.63) is 22.7 Å². The molecule has 1 amide bonds. The molecule has 5 heteroatoms. The van der Waals surface area contributed by atoms with E-state index in [9.17, 15) is 4.79 Å². The molecule has 0 saturated carbocycles. The molecule has 0 aliphatic carbocycles. The quantitative estimate of drug-likeness (QED) is 0.696. The number of nitrogens with one attached hydrogen (secondary N) is 2. The van der Waals surface area contributed by atoms with Gasteiger partial charge < -0.3 is 16.4 Å². The monoisotopic (exact) mass is 269 g/mol. The number of carbonyl (C=O) groups excluding carboxylic acids is 1. The number of benzene rings is 1. The third kappa shape index (κ3) is 4.11. The molecular formula is C13H20ClN3O. The molecule has 100 valence electrons. The molecule has 1 aromatic rings. The molecule has 4 nitrogen and oxygen atoms in total. The average molecular weight is 270 g/mol. The highest BCUT2D eigenvalue weighted by Gasteiger charge is 2.07. The molecule has 18 heavy (non-hydrogen) atoms. The van der Waals surface area contributed by atoms with Crippen molar-refractivity contribution in [1.82, 2.24) is 5.32 Å². The molecule has 0 aliphatic rings. The summed E-state index contributed by atoms with van der Waals surface area (Å²) in [5, 5.41) is 6.65. The summed E-state index contributed by atoms with van der Waals surface area (Å²) in [6.45, 7) is 5.19. The first kappa shape index (κ1) is 14.6.